The maximum absolute atomic E-state index is 12.8. The molecule has 1 saturated carbocycles. The molecule has 2 fully saturated rings. The lowest BCUT2D eigenvalue weighted by Gasteiger charge is -2.30. The molecule has 1 heterocycles. The molecule has 0 aromatic rings. The summed E-state index contributed by atoms with van der Waals surface area (Å²) in [6.07, 6.45) is 7.68. The molecule has 4 nitrogen and oxygen atoms in total. The maximum Gasteiger partial charge on any atom is 0.244 e. The van der Waals surface area contributed by atoms with Crippen LogP contribution < -0.4 is 5.32 Å². The highest BCUT2D eigenvalue weighted by molar-refractivity contribution is 5.89. The number of amides is 1. The van der Waals surface area contributed by atoms with Crippen molar-refractivity contribution >= 4 is 5.91 Å². The lowest BCUT2D eigenvalue weighted by Crippen LogP contribution is -2.45. The van der Waals surface area contributed by atoms with Gasteiger partial charge < -0.3 is 9.64 Å². The molecule has 1 amide bonds. The van der Waals surface area contributed by atoms with Crippen molar-refractivity contribution in [3.05, 3.63) is 0 Å². The molecule has 1 spiro atoms. The molecule has 4 heteroatoms. The van der Waals surface area contributed by atoms with E-state index < -0.39 is 0 Å². The Morgan fingerprint density at radius 2 is 2.16 bits per heavy atom. The smallest absolute Gasteiger partial charge is 0.244 e. The van der Waals surface area contributed by atoms with E-state index in [0.29, 0.717) is 5.91 Å². The van der Waals surface area contributed by atoms with E-state index in [4.69, 9.17) is 4.74 Å². The van der Waals surface area contributed by atoms with Crippen LogP contribution in [0.5, 0.6) is 0 Å². The Hall–Kier alpha value is -0.610. The van der Waals surface area contributed by atoms with E-state index in [-0.39, 0.29) is 17.7 Å². The molecular formula is C15H28N2O2. The summed E-state index contributed by atoms with van der Waals surface area (Å²) in [4.78, 5) is 14.9. The second kappa shape index (κ2) is 6.23. The monoisotopic (exact) mass is 268 g/mol. The van der Waals surface area contributed by atoms with Gasteiger partial charge in [-0.2, -0.15) is 0 Å². The van der Waals surface area contributed by atoms with Gasteiger partial charge in [0.2, 0.25) is 5.91 Å². The number of rotatable bonds is 6. The fourth-order valence-corrected chi connectivity index (χ4v) is 3.60. The SMILES string of the molecule is CCCC1NC2(CCCC2)C(=O)N1C(C)CCOC. The first-order chi connectivity index (χ1) is 9.14. The molecule has 2 aliphatic rings. The maximum atomic E-state index is 12.8. The molecule has 2 atom stereocenters. The van der Waals surface area contributed by atoms with Gasteiger partial charge in [0.1, 0.15) is 0 Å². The largest absolute Gasteiger partial charge is 0.385 e. The van der Waals surface area contributed by atoms with Gasteiger partial charge in [-0.3, -0.25) is 10.1 Å². The zero-order valence-electron chi connectivity index (χ0n) is 12.6. The summed E-state index contributed by atoms with van der Waals surface area (Å²) < 4.78 is 5.16. The van der Waals surface area contributed by atoms with Crippen molar-refractivity contribution in [2.75, 3.05) is 13.7 Å². The van der Waals surface area contributed by atoms with Crippen LogP contribution >= 0.6 is 0 Å². The minimum absolute atomic E-state index is 0.224. The van der Waals surface area contributed by atoms with E-state index in [1.807, 2.05) is 0 Å². The van der Waals surface area contributed by atoms with Crippen LogP contribution in [0.4, 0.5) is 0 Å². The molecule has 0 radical (unpaired) electrons. The van der Waals surface area contributed by atoms with Crippen LogP contribution in [0.2, 0.25) is 0 Å². The van der Waals surface area contributed by atoms with E-state index in [1.54, 1.807) is 7.11 Å². The lowest BCUT2D eigenvalue weighted by molar-refractivity contribution is -0.135. The predicted octanol–water partition coefficient (Wildman–Crippen LogP) is 2.28. The van der Waals surface area contributed by atoms with Gasteiger partial charge in [-0.1, -0.05) is 26.2 Å². The summed E-state index contributed by atoms with van der Waals surface area (Å²) in [5.74, 6) is 0.340. The van der Waals surface area contributed by atoms with Crippen LogP contribution in [-0.2, 0) is 9.53 Å². The summed E-state index contributed by atoms with van der Waals surface area (Å²) in [7, 11) is 1.72. The van der Waals surface area contributed by atoms with Crippen LogP contribution in [0, 0.1) is 0 Å². The van der Waals surface area contributed by atoms with Gasteiger partial charge >= 0.3 is 0 Å². The van der Waals surface area contributed by atoms with E-state index in [2.05, 4.69) is 24.1 Å². The Kier molecular flexibility index (Phi) is 4.85. The van der Waals surface area contributed by atoms with Gasteiger partial charge in [-0.05, 0) is 32.6 Å². The molecule has 0 aromatic carbocycles. The van der Waals surface area contributed by atoms with Crippen molar-refractivity contribution in [3.8, 4) is 0 Å². The van der Waals surface area contributed by atoms with Gasteiger partial charge in [0.25, 0.3) is 0 Å². The molecule has 2 rings (SSSR count). The summed E-state index contributed by atoms with van der Waals surface area (Å²) in [6, 6.07) is 0.261. The van der Waals surface area contributed by atoms with Crippen molar-refractivity contribution in [1.29, 1.82) is 0 Å². The highest BCUT2D eigenvalue weighted by Gasteiger charge is 2.52. The fraction of sp³-hybridized carbons (Fsp3) is 0.933. The normalized spacial score (nSPS) is 27.4. The first kappa shape index (κ1) is 14.8. The summed E-state index contributed by atoms with van der Waals surface area (Å²) in [5, 5.41) is 3.66. The fourth-order valence-electron chi connectivity index (χ4n) is 3.60. The van der Waals surface area contributed by atoms with E-state index in [9.17, 15) is 4.79 Å². The van der Waals surface area contributed by atoms with Crippen molar-refractivity contribution in [3.63, 3.8) is 0 Å². The third-order valence-electron chi connectivity index (χ3n) is 4.66. The summed E-state index contributed by atoms with van der Waals surface area (Å²) in [6.45, 7) is 5.05. The Morgan fingerprint density at radius 3 is 2.74 bits per heavy atom. The van der Waals surface area contributed by atoms with Crippen molar-refractivity contribution in [2.24, 2.45) is 0 Å². The topological polar surface area (TPSA) is 41.6 Å². The predicted molar refractivity (Wildman–Crippen MR) is 75.8 cm³/mol. The van der Waals surface area contributed by atoms with E-state index in [1.165, 1.54) is 12.8 Å². The standard InChI is InChI=1S/C15H28N2O2/c1-4-7-13-16-15(9-5-6-10-15)14(18)17(13)12(2)8-11-19-3/h12-13,16H,4-11H2,1-3H3. The Balaban J connectivity index is 2.11. The quantitative estimate of drug-likeness (QED) is 0.803. The van der Waals surface area contributed by atoms with E-state index >= 15 is 0 Å². The molecule has 1 saturated heterocycles. The molecule has 110 valence electrons. The number of hydrogen-bond acceptors (Lipinski definition) is 3. The second-order valence-electron chi connectivity index (χ2n) is 6.08. The van der Waals surface area contributed by atoms with Crippen molar-refractivity contribution < 1.29 is 9.53 Å². The minimum Gasteiger partial charge on any atom is -0.385 e. The summed E-state index contributed by atoms with van der Waals surface area (Å²) in [5.41, 5.74) is -0.235. The molecular weight excluding hydrogens is 240 g/mol. The number of carbonyl (C=O) groups excluding carboxylic acids is 1. The van der Waals surface area contributed by atoms with Gasteiger partial charge in [0.05, 0.1) is 11.7 Å². The first-order valence-electron chi connectivity index (χ1n) is 7.74. The number of ether oxygens (including phenoxy) is 1. The highest BCUT2D eigenvalue weighted by atomic mass is 16.5. The number of hydrogen-bond donors (Lipinski definition) is 1. The van der Waals surface area contributed by atoms with E-state index in [0.717, 1.165) is 38.7 Å². The van der Waals surface area contributed by atoms with Crippen LogP contribution in [0.1, 0.15) is 58.8 Å². The van der Waals surface area contributed by atoms with Crippen LogP contribution in [0.15, 0.2) is 0 Å². The first-order valence-corrected chi connectivity index (χ1v) is 7.74. The number of methoxy groups -OCH3 is 1. The number of nitrogens with one attached hydrogen (secondary N) is 1. The Morgan fingerprint density at radius 1 is 1.47 bits per heavy atom. The second-order valence-corrected chi connectivity index (χ2v) is 6.08. The molecule has 2 unspecified atom stereocenters. The van der Waals surface area contributed by atoms with Crippen LogP contribution in [-0.4, -0.2) is 42.3 Å². The van der Waals surface area contributed by atoms with Gasteiger partial charge in [-0.25, -0.2) is 0 Å². The zero-order valence-corrected chi connectivity index (χ0v) is 12.6. The average molecular weight is 268 g/mol. The lowest BCUT2D eigenvalue weighted by atomic mass is 9.97. The molecule has 1 aliphatic heterocycles. The minimum atomic E-state index is -0.235. The third kappa shape index (κ3) is 2.79. The number of nitrogens with zero attached hydrogens (tertiary/aromatic N) is 1. The van der Waals surface area contributed by atoms with Crippen molar-refractivity contribution in [2.45, 2.75) is 76.5 Å². The molecule has 0 aromatic heterocycles. The molecule has 0 bridgehead atoms. The van der Waals surface area contributed by atoms with Gasteiger partial charge in [-0.15, -0.1) is 0 Å². The Bertz CT molecular complexity index is 313. The third-order valence-corrected chi connectivity index (χ3v) is 4.66. The van der Waals surface area contributed by atoms with Gasteiger partial charge in [0.15, 0.2) is 0 Å². The molecule has 1 aliphatic carbocycles. The summed E-state index contributed by atoms with van der Waals surface area (Å²) >= 11 is 0. The van der Waals surface area contributed by atoms with Crippen LogP contribution in [0.25, 0.3) is 0 Å². The zero-order chi connectivity index (χ0) is 13.9. The molecule has 19 heavy (non-hydrogen) atoms. The Labute approximate surface area is 116 Å². The number of carbonyl (C=O) groups is 1. The van der Waals surface area contributed by atoms with Gasteiger partial charge in [0, 0.05) is 19.8 Å². The average Bonchev–Trinajstić information content (AvgIpc) is 2.95. The van der Waals surface area contributed by atoms with Crippen LogP contribution in [0.3, 0.4) is 0 Å². The highest BCUT2D eigenvalue weighted by Crippen LogP contribution is 2.38. The van der Waals surface area contributed by atoms with Crippen molar-refractivity contribution in [1.82, 2.24) is 10.2 Å². The molecule has 1 N–H and O–H groups in total.